The summed E-state index contributed by atoms with van der Waals surface area (Å²) in [7, 11) is -3.76. The summed E-state index contributed by atoms with van der Waals surface area (Å²) in [6.07, 6.45) is 4.31. The number of nitrogens with zero attached hydrogens (tertiary/aromatic N) is 4. The molecule has 1 N–H and O–H groups in total. The zero-order chi connectivity index (χ0) is 23.0. The van der Waals surface area contributed by atoms with Gasteiger partial charge >= 0.3 is 0 Å². The highest BCUT2D eigenvalue weighted by molar-refractivity contribution is 7.92. The van der Waals surface area contributed by atoms with Crippen molar-refractivity contribution in [2.75, 3.05) is 40.7 Å². The molecule has 2 aliphatic heterocycles. The van der Waals surface area contributed by atoms with Crippen LogP contribution in [0.2, 0.25) is 0 Å². The van der Waals surface area contributed by atoms with Crippen molar-refractivity contribution in [2.45, 2.75) is 58.3 Å². The zero-order valence-electron chi connectivity index (χ0n) is 19.6. The third kappa shape index (κ3) is 5.34. The van der Waals surface area contributed by atoms with Crippen molar-refractivity contribution in [1.82, 2.24) is 9.97 Å². The van der Waals surface area contributed by atoms with Crippen molar-refractivity contribution in [3.8, 4) is 0 Å². The van der Waals surface area contributed by atoms with E-state index in [0.29, 0.717) is 10.8 Å². The molecule has 0 aliphatic carbocycles. The molecule has 1 aromatic carbocycles. The third-order valence-corrected chi connectivity index (χ3v) is 8.20. The van der Waals surface area contributed by atoms with Gasteiger partial charge in [0.15, 0.2) is 0 Å². The average Bonchev–Trinajstić information content (AvgIpc) is 2.74. The highest BCUT2D eigenvalue weighted by atomic mass is 32.2. The van der Waals surface area contributed by atoms with Gasteiger partial charge in [-0.1, -0.05) is 45.9 Å². The molecule has 7 nitrogen and oxygen atoms in total. The minimum absolute atomic E-state index is 0.135. The van der Waals surface area contributed by atoms with Gasteiger partial charge in [0.2, 0.25) is 5.95 Å². The smallest absolute Gasteiger partial charge is 0.264 e. The first-order valence-corrected chi connectivity index (χ1v) is 13.0. The molecule has 8 heteroatoms. The molecule has 174 valence electrons. The molecular formula is C24H35N5O2S. The van der Waals surface area contributed by atoms with Gasteiger partial charge in [-0.2, -0.15) is 9.97 Å². The predicted octanol–water partition coefficient (Wildman–Crippen LogP) is 4.53. The Bertz CT molecular complexity index is 987. The summed E-state index contributed by atoms with van der Waals surface area (Å²) in [4.78, 5) is 14.0. The van der Waals surface area contributed by atoms with Crippen LogP contribution in [0.15, 0.2) is 41.3 Å². The van der Waals surface area contributed by atoms with E-state index in [9.17, 15) is 8.42 Å². The topological polar surface area (TPSA) is 78.4 Å². The molecule has 0 saturated carbocycles. The summed E-state index contributed by atoms with van der Waals surface area (Å²) in [5, 5.41) is 0. The molecule has 32 heavy (non-hydrogen) atoms. The molecule has 2 saturated heterocycles. The first kappa shape index (κ1) is 22.8. The van der Waals surface area contributed by atoms with Crippen LogP contribution in [0.3, 0.4) is 0 Å². The molecule has 0 amide bonds. The van der Waals surface area contributed by atoms with E-state index >= 15 is 0 Å². The van der Waals surface area contributed by atoms with Crippen molar-refractivity contribution in [1.29, 1.82) is 0 Å². The van der Waals surface area contributed by atoms with E-state index in [1.165, 1.54) is 0 Å². The summed E-state index contributed by atoms with van der Waals surface area (Å²) in [5.41, 5.74) is 0.644. The van der Waals surface area contributed by atoms with E-state index in [4.69, 9.17) is 0 Å². The van der Waals surface area contributed by atoms with Gasteiger partial charge in [0.1, 0.15) is 11.6 Å². The summed E-state index contributed by atoms with van der Waals surface area (Å²) in [5.74, 6) is 1.72. The van der Waals surface area contributed by atoms with Crippen LogP contribution in [0.5, 0.6) is 0 Å². The second kappa shape index (κ2) is 8.54. The maximum absolute atomic E-state index is 12.9. The lowest BCUT2D eigenvalue weighted by atomic mass is 9.82. The molecule has 0 atom stereocenters. The maximum Gasteiger partial charge on any atom is 0.264 e. The Hall–Kier alpha value is -2.35. The number of nitrogens with one attached hydrogen (secondary N) is 1. The molecule has 0 spiro atoms. The Morgan fingerprint density at radius 3 is 1.66 bits per heavy atom. The van der Waals surface area contributed by atoms with Gasteiger partial charge in [0.05, 0.1) is 4.90 Å². The Kier molecular flexibility index (Phi) is 6.09. The SMILES string of the molecule is CC1(C)CCN(c2cc(N3CCC(C)(C)CC3)nc(NS(=O)(=O)c3ccccc3)n2)CC1. The molecular weight excluding hydrogens is 422 g/mol. The number of hydrogen-bond acceptors (Lipinski definition) is 6. The molecule has 0 bridgehead atoms. The molecule has 2 aromatic rings. The maximum atomic E-state index is 12.9. The van der Waals surface area contributed by atoms with Crippen molar-refractivity contribution in [3.05, 3.63) is 36.4 Å². The molecule has 1 aromatic heterocycles. The Morgan fingerprint density at radius 2 is 1.22 bits per heavy atom. The van der Waals surface area contributed by atoms with Gasteiger partial charge in [-0.3, -0.25) is 0 Å². The minimum Gasteiger partial charge on any atom is -0.356 e. The number of anilines is 3. The van der Waals surface area contributed by atoms with Crippen LogP contribution >= 0.6 is 0 Å². The first-order chi connectivity index (χ1) is 15.0. The Labute approximate surface area is 192 Å². The first-order valence-electron chi connectivity index (χ1n) is 11.5. The standard InChI is InChI=1S/C24H35N5O2S/c1-23(2)10-14-28(15-11-23)20-18-21(29-16-12-24(3,4)13-17-29)26-22(25-20)27-32(30,31)19-8-6-5-7-9-19/h5-9,18H,10-17H2,1-4H3,(H,25,26,27). The largest absolute Gasteiger partial charge is 0.356 e. The minimum atomic E-state index is -3.76. The van der Waals surface area contributed by atoms with Crippen molar-refractivity contribution < 1.29 is 8.42 Å². The number of benzene rings is 1. The van der Waals surface area contributed by atoms with Crippen molar-refractivity contribution >= 4 is 27.6 Å². The molecule has 0 unspecified atom stereocenters. The van der Waals surface area contributed by atoms with E-state index in [2.05, 4.69) is 52.2 Å². The highest BCUT2D eigenvalue weighted by Crippen LogP contribution is 2.35. The summed E-state index contributed by atoms with van der Waals surface area (Å²) in [6, 6.07) is 10.4. The normalized spacial score (nSPS) is 20.8. The Morgan fingerprint density at radius 1 is 0.781 bits per heavy atom. The number of sulfonamides is 1. The van der Waals surface area contributed by atoms with Crippen molar-refractivity contribution in [2.24, 2.45) is 10.8 Å². The Balaban J connectivity index is 1.64. The van der Waals surface area contributed by atoms with Gasteiger partial charge in [0, 0.05) is 32.2 Å². The van der Waals surface area contributed by atoms with Crippen LogP contribution < -0.4 is 14.5 Å². The van der Waals surface area contributed by atoms with E-state index in [1.807, 2.05) is 6.07 Å². The van der Waals surface area contributed by atoms with Crippen LogP contribution in [0, 0.1) is 10.8 Å². The predicted molar refractivity (Wildman–Crippen MR) is 130 cm³/mol. The molecule has 2 fully saturated rings. The average molecular weight is 458 g/mol. The van der Waals surface area contributed by atoms with Gasteiger partial charge in [-0.05, 0) is 48.6 Å². The molecule has 3 heterocycles. The summed E-state index contributed by atoms with van der Waals surface area (Å²) >= 11 is 0. The fourth-order valence-corrected chi connectivity index (χ4v) is 5.22. The van der Waals surface area contributed by atoms with Crippen LogP contribution in [-0.2, 0) is 10.0 Å². The van der Waals surface area contributed by atoms with Crippen LogP contribution in [-0.4, -0.2) is 44.6 Å². The molecule has 2 aliphatic rings. The fraction of sp³-hybridized carbons (Fsp3) is 0.583. The number of piperidine rings is 2. The van der Waals surface area contributed by atoms with Crippen LogP contribution in [0.25, 0.3) is 0 Å². The highest BCUT2D eigenvalue weighted by Gasteiger charge is 2.29. The molecule has 4 rings (SSSR count). The zero-order valence-corrected chi connectivity index (χ0v) is 20.5. The summed E-state index contributed by atoms with van der Waals surface area (Å²) in [6.45, 7) is 12.8. The van der Waals surface area contributed by atoms with E-state index in [-0.39, 0.29) is 10.8 Å². The van der Waals surface area contributed by atoms with Gasteiger partial charge in [-0.15, -0.1) is 0 Å². The molecule has 0 radical (unpaired) electrons. The number of aromatic nitrogens is 2. The van der Waals surface area contributed by atoms with E-state index < -0.39 is 10.0 Å². The lowest BCUT2D eigenvalue weighted by molar-refractivity contribution is 0.278. The summed E-state index contributed by atoms with van der Waals surface area (Å²) < 4.78 is 28.5. The van der Waals surface area contributed by atoms with Crippen LogP contribution in [0.4, 0.5) is 17.6 Å². The van der Waals surface area contributed by atoms with Gasteiger partial charge < -0.3 is 9.80 Å². The second-order valence-corrected chi connectivity index (χ2v) is 12.3. The van der Waals surface area contributed by atoms with E-state index in [0.717, 1.165) is 63.5 Å². The van der Waals surface area contributed by atoms with E-state index in [1.54, 1.807) is 30.3 Å². The quantitative estimate of drug-likeness (QED) is 0.711. The monoisotopic (exact) mass is 457 g/mol. The fourth-order valence-electron chi connectivity index (χ4n) is 4.25. The lowest BCUT2D eigenvalue weighted by Gasteiger charge is -2.39. The number of rotatable bonds is 5. The second-order valence-electron chi connectivity index (χ2n) is 10.6. The lowest BCUT2D eigenvalue weighted by Crippen LogP contribution is -2.39. The third-order valence-electron chi connectivity index (χ3n) is 6.86. The van der Waals surface area contributed by atoms with Gasteiger partial charge in [0.25, 0.3) is 10.0 Å². The number of hydrogen-bond donors (Lipinski definition) is 1. The van der Waals surface area contributed by atoms with Gasteiger partial charge in [-0.25, -0.2) is 13.1 Å². The van der Waals surface area contributed by atoms with Crippen LogP contribution in [0.1, 0.15) is 53.4 Å². The van der Waals surface area contributed by atoms with Crippen molar-refractivity contribution in [3.63, 3.8) is 0 Å².